The Morgan fingerprint density at radius 3 is 2.61 bits per heavy atom. The van der Waals surface area contributed by atoms with Crippen LogP contribution in [0.25, 0.3) is 0 Å². The molecule has 0 saturated carbocycles. The summed E-state index contributed by atoms with van der Waals surface area (Å²) in [5.74, 6) is -4.46. The molecule has 0 bridgehead atoms. The molecule has 1 rings (SSSR count). The number of benzene rings is 1. The molecule has 0 aliphatic heterocycles. The monoisotopic (exact) mass is 259 g/mol. The normalized spacial score (nSPS) is 11.4. The van der Waals surface area contributed by atoms with Crippen LogP contribution in [0.5, 0.6) is 0 Å². The largest absolute Gasteiger partial charge is 0.356 e. The SMILES string of the molecule is CCCNC(=O)Cc1ccc(F)c(C(C)(F)F)c1. The van der Waals surface area contributed by atoms with Crippen LogP contribution < -0.4 is 5.32 Å². The molecular weight excluding hydrogens is 243 g/mol. The van der Waals surface area contributed by atoms with Crippen molar-refractivity contribution in [3.63, 3.8) is 0 Å². The van der Waals surface area contributed by atoms with E-state index in [1.807, 2.05) is 6.92 Å². The molecule has 0 aliphatic rings. The standard InChI is InChI=1S/C13H16F3NO/c1-3-6-17-12(18)8-9-4-5-11(14)10(7-9)13(2,15)16/h4-5,7H,3,6,8H2,1-2H3,(H,17,18). The molecule has 1 amide bonds. The molecule has 5 heteroatoms. The summed E-state index contributed by atoms with van der Waals surface area (Å²) >= 11 is 0. The van der Waals surface area contributed by atoms with E-state index in [1.54, 1.807) is 0 Å². The minimum absolute atomic E-state index is 0.0244. The average Bonchev–Trinajstić information content (AvgIpc) is 2.27. The highest BCUT2D eigenvalue weighted by Gasteiger charge is 2.28. The van der Waals surface area contributed by atoms with E-state index in [4.69, 9.17) is 0 Å². The summed E-state index contributed by atoms with van der Waals surface area (Å²) in [5, 5.41) is 2.63. The van der Waals surface area contributed by atoms with E-state index in [-0.39, 0.29) is 12.3 Å². The van der Waals surface area contributed by atoms with Crippen molar-refractivity contribution in [2.45, 2.75) is 32.6 Å². The van der Waals surface area contributed by atoms with Gasteiger partial charge in [0.15, 0.2) is 0 Å². The van der Waals surface area contributed by atoms with Crippen LogP contribution in [0.4, 0.5) is 13.2 Å². The predicted octanol–water partition coefficient (Wildman–Crippen LogP) is 3.01. The van der Waals surface area contributed by atoms with Crippen molar-refractivity contribution in [3.8, 4) is 0 Å². The fourth-order valence-electron chi connectivity index (χ4n) is 1.53. The van der Waals surface area contributed by atoms with Gasteiger partial charge in [-0.15, -0.1) is 0 Å². The maximum absolute atomic E-state index is 13.2. The Morgan fingerprint density at radius 2 is 2.06 bits per heavy atom. The summed E-state index contributed by atoms with van der Waals surface area (Å²) in [6.45, 7) is 3.08. The van der Waals surface area contributed by atoms with E-state index in [1.165, 1.54) is 6.07 Å². The first kappa shape index (κ1) is 14.5. The summed E-state index contributed by atoms with van der Waals surface area (Å²) < 4.78 is 39.4. The highest BCUT2D eigenvalue weighted by atomic mass is 19.3. The van der Waals surface area contributed by atoms with E-state index in [2.05, 4.69) is 5.32 Å². The van der Waals surface area contributed by atoms with Crippen molar-refractivity contribution in [3.05, 3.63) is 35.1 Å². The molecule has 0 aliphatic carbocycles. The van der Waals surface area contributed by atoms with Gasteiger partial charge in [0.1, 0.15) is 5.82 Å². The zero-order chi connectivity index (χ0) is 13.8. The third kappa shape index (κ3) is 4.05. The first-order valence-electron chi connectivity index (χ1n) is 5.78. The van der Waals surface area contributed by atoms with Crippen LogP contribution in [0.15, 0.2) is 18.2 Å². The zero-order valence-corrected chi connectivity index (χ0v) is 10.4. The molecule has 0 radical (unpaired) electrons. The van der Waals surface area contributed by atoms with Crippen LogP contribution in [0.1, 0.15) is 31.4 Å². The molecule has 1 N–H and O–H groups in total. The summed E-state index contributed by atoms with van der Waals surface area (Å²) in [6.07, 6.45) is 0.775. The third-order valence-electron chi connectivity index (χ3n) is 2.44. The van der Waals surface area contributed by atoms with Crippen LogP contribution >= 0.6 is 0 Å². The first-order chi connectivity index (χ1) is 8.34. The summed E-state index contributed by atoms with van der Waals surface area (Å²) in [7, 11) is 0. The van der Waals surface area contributed by atoms with Crippen molar-refractivity contribution in [2.24, 2.45) is 0 Å². The zero-order valence-electron chi connectivity index (χ0n) is 10.4. The Bertz CT molecular complexity index is 427. The van der Waals surface area contributed by atoms with Crippen molar-refractivity contribution < 1.29 is 18.0 Å². The highest BCUT2D eigenvalue weighted by molar-refractivity contribution is 5.78. The molecule has 0 unspecified atom stereocenters. The summed E-state index contributed by atoms with van der Waals surface area (Å²) in [5.41, 5.74) is -0.301. The Kier molecular flexibility index (Phi) is 4.76. The van der Waals surface area contributed by atoms with E-state index in [0.29, 0.717) is 19.0 Å². The van der Waals surface area contributed by atoms with Crippen molar-refractivity contribution >= 4 is 5.91 Å². The smallest absolute Gasteiger partial charge is 0.273 e. The first-order valence-corrected chi connectivity index (χ1v) is 5.78. The molecule has 0 atom stereocenters. The van der Waals surface area contributed by atoms with Crippen molar-refractivity contribution in [1.29, 1.82) is 0 Å². The lowest BCUT2D eigenvalue weighted by atomic mass is 10.0. The number of alkyl halides is 2. The maximum atomic E-state index is 13.2. The Morgan fingerprint density at radius 1 is 1.39 bits per heavy atom. The van der Waals surface area contributed by atoms with Gasteiger partial charge in [0.2, 0.25) is 5.91 Å². The van der Waals surface area contributed by atoms with Crippen molar-refractivity contribution in [1.82, 2.24) is 5.32 Å². The molecular formula is C13H16F3NO. The molecule has 1 aromatic carbocycles. The Balaban J connectivity index is 2.83. The molecule has 0 heterocycles. The van der Waals surface area contributed by atoms with Gasteiger partial charge in [0.05, 0.1) is 12.0 Å². The Labute approximate surface area is 104 Å². The molecule has 0 spiro atoms. The van der Waals surface area contributed by atoms with Gasteiger partial charge in [0.25, 0.3) is 5.92 Å². The second-order valence-corrected chi connectivity index (χ2v) is 4.23. The minimum Gasteiger partial charge on any atom is -0.356 e. The molecule has 18 heavy (non-hydrogen) atoms. The van der Waals surface area contributed by atoms with Gasteiger partial charge in [0, 0.05) is 13.5 Å². The van der Waals surface area contributed by atoms with Crippen LogP contribution in [-0.4, -0.2) is 12.5 Å². The lowest BCUT2D eigenvalue weighted by molar-refractivity contribution is -0.120. The van der Waals surface area contributed by atoms with E-state index >= 15 is 0 Å². The number of carbonyl (C=O) groups is 1. The van der Waals surface area contributed by atoms with Gasteiger partial charge in [-0.3, -0.25) is 4.79 Å². The average molecular weight is 259 g/mol. The molecule has 100 valence electrons. The third-order valence-corrected chi connectivity index (χ3v) is 2.44. The second-order valence-electron chi connectivity index (χ2n) is 4.23. The van der Waals surface area contributed by atoms with Crippen LogP contribution in [0.2, 0.25) is 0 Å². The van der Waals surface area contributed by atoms with Gasteiger partial charge in [-0.25, -0.2) is 13.2 Å². The van der Waals surface area contributed by atoms with E-state index < -0.39 is 17.3 Å². The number of carbonyl (C=O) groups excluding carboxylic acids is 1. The predicted molar refractivity (Wildman–Crippen MR) is 63.0 cm³/mol. The second kappa shape index (κ2) is 5.89. The summed E-state index contributed by atoms with van der Waals surface area (Å²) in [6, 6.07) is 3.35. The highest BCUT2D eigenvalue weighted by Crippen LogP contribution is 2.29. The number of nitrogens with one attached hydrogen (secondary N) is 1. The number of halogens is 3. The van der Waals surface area contributed by atoms with Gasteiger partial charge < -0.3 is 5.32 Å². The number of rotatable bonds is 5. The molecule has 1 aromatic rings. The van der Waals surface area contributed by atoms with Crippen LogP contribution in [0, 0.1) is 5.82 Å². The van der Waals surface area contributed by atoms with Crippen molar-refractivity contribution in [2.75, 3.05) is 6.54 Å². The number of hydrogen-bond donors (Lipinski definition) is 1. The minimum atomic E-state index is -3.25. The van der Waals surface area contributed by atoms with Gasteiger partial charge in [-0.2, -0.15) is 0 Å². The lowest BCUT2D eigenvalue weighted by Gasteiger charge is -2.13. The molecule has 0 saturated heterocycles. The Hall–Kier alpha value is -1.52. The molecule has 0 aromatic heterocycles. The van der Waals surface area contributed by atoms with Crippen LogP contribution in [0.3, 0.4) is 0 Å². The van der Waals surface area contributed by atoms with Gasteiger partial charge >= 0.3 is 0 Å². The van der Waals surface area contributed by atoms with Gasteiger partial charge in [-0.1, -0.05) is 13.0 Å². The number of hydrogen-bond acceptors (Lipinski definition) is 1. The van der Waals surface area contributed by atoms with E-state index in [0.717, 1.165) is 18.6 Å². The van der Waals surface area contributed by atoms with Crippen LogP contribution in [-0.2, 0) is 17.1 Å². The fraction of sp³-hybridized carbons (Fsp3) is 0.462. The summed E-state index contributed by atoms with van der Waals surface area (Å²) in [4.78, 5) is 11.4. The fourth-order valence-corrected chi connectivity index (χ4v) is 1.53. The maximum Gasteiger partial charge on any atom is 0.273 e. The topological polar surface area (TPSA) is 29.1 Å². The number of amides is 1. The quantitative estimate of drug-likeness (QED) is 0.865. The molecule has 2 nitrogen and oxygen atoms in total. The van der Waals surface area contributed by atoms with E-state index in [9.17, 15) is 18.0 Å². The lowest BCUT2D eigenvalue weighted by Crippen LogP contribution is -2.25. The van der Waals surface area contributed by atoms with Gasteiger partial charge in [-0.05, 0) is 24.1 Å². The molecule has 0 fully saturated rings.